The van der Waals surface area contributed by atoms with Gasteiger partial charge in [-0.05, 0) is 18.9 Å². The molecule has 4 rings (SSSR count). The Balaban J connectivity index is 1.69. The minimum absolute atomic E-state index is 0.0881. The second kappa shape index (κ2) is 7.34. The molecule has 1 aromatic carbocycles. The highest BCUT2D eigenvalue weighted by Crippen LogP contribution is 2.26. The van der Waals surface area contributed by atoms with E-state index < -0.39 is 0 Å². The van der Waals surface area contributed by atoms with E-state index in [0.717, 1.165) is 35.5 Å². The zero-order chi connectivity index (χ0) is 18.8. The zero-order valence-electron chi connectivity index (χ0n) is 15.7. The van der Waals surface area contributed by atoms with Gasteiger partial charge in [-0.1, -0.05) is 30.3 Å². The number of rotatable bonds is 4. The Hall–Kier alpha value is -2.96. The first-order chi connectivity index (χ1) is 13.1. The van der Waals surface area contributed by atoms with Crippen LogP contribution < -0.4 is 10.2 Å². The van der Waals surface area contributed by atoms with Crippen LogP contribution in [-0.2, 0) is 24.7 Å². The van der Waals surface area contributed by atoms with Gasteiger partial charge in [0.2, 0.25) is 5.91 Å². The molecule has 1 unspecified atom stereocenters. The molecule has 1 atom stereocenters. The van der Waals surface area contributed by atoms with Crippen LogP contribution in [0.1, 0.15) is 24.7 Å². The first kappa shape index (κ1) is 17.5. The van der Waals surface area contributed by atoms with Gasteiger partial charge in [0.25, 0.3) is 0 Å². The number of anilines is 1. The summed E-state index contributed by atoms with van der Waals surface area (Å²) in [5.74, 6) is 1.77. The molecule has 27 heavy (non-hydrogen) atoms. The molecule has 1 amide bonds. The lowest BCUT2D eigenvalue weighted by atomic mass is 10.1. The Morgan fingerprint density at radius 3 is 2.81 bits per heavy atom. The molecule has 0 bridgehead atoms. The van der Waals surface area contributed by atoms with E-state index in [0.29, 0.717) is 19.5 Å². The first-order valence-electron chi connectivity index (χ1n) is 9.37. The van der Waals surface area contributed by atoms with Crippen LogP contribution in [0.25, 0.3) is 11.0 Å². The van der Waals surface area contributed by atoms with E-state index in [2.05, 4.69) is 46.5 Å². The van der Waals surface area contributed by atoms with Crippen LogP contribution in [0.3, 0.4) is 0 Å². The maximum absolute atomic E-state index is 11.8. The van der Waals surface area contributed by atoms with Gasteiger partial charge in [-0.2, -0.15) is 5.10 Å². The van der Waals surface area contributed by atoms with E-state index in [1.54, 1.807) is 4.68 Å². The van der Waals surface area contributed by atoms with Crippen LogP contribution in [0.4, 0.5) is 5.82 Å². The second-order valence-corrected chi connectivity index (χ2v) is 7.05. The van der Waals surface area contributed by atoms with Crippen molar-refractivity contribution in [1.29, 1.82) is 0 Å². The van der Waals surface area contributed by atoms with Crippen LogP contribution in [0.15, 0.2) is 36.5 Å². The minimum atomic E-state index is 0.0881. The van der Waals surface area contributed by atoms with Crippen molar-refractivity contribution in [3.63, 3.8) is 0 Å². The number of hydrogen-bond donors (Lipinski definition) is 1. The van der Waals surface area contributed by atoms with Crippen molar-refractivity contribution in [3.8, 4) is 0 Å². The first-order valence-corrected chi connectivity index (χ1v) is 9.37. The highest BCUT2D eigenvalue weighted by atomic mass is 16.1. The van der Waals surface area contributed by atoms with Gasteiger partial charge in [0.1, 0.15) is 11.6 Å². The Morgan fingerprint density at radius 1 is 1.19 bits per heavy atom. The maximum atomic E-state index is 11.8. The van der Waals surface area contributed by atoms with E-state index in [1.807, 2.05) is 19.3 Å². The number of aryl methyl sites for hydroxylation is 3. The summed E-state index contributed by atoms with van der Waals surface area (Å²) in [5, 5.41) is 8.28. The molecule has 7 heteroatoms. The Bertz CT molecular complexity index is 952. The fourth-order valence-electron chi connectivity index (χ4n) is 3.50. The monoisotopic (exact) mass is 364 g/mol. The molecule has 1 saturated heterocycles. The zero-order valence-corrected chi connectivity index (χ0v) is 15.7. The highest BCUT2D eigenvalue weighted by molar-refractivity contribution is 5.87. The van der Waals surface area contributed by atoms with Gasteiger partial charge in [-0.3, -0.25) is 9.48 Å². The number of nitrogens with one attached hydrogen (secondary N) is 1. The number of aromatic nitrogens is 4. The summed E-state index contributed by atoms with van der Waals surface area (Å²) in [7, 11) is 1.90. The van der Waals surface area contributed by atoms with Crippen molar-refractivity contribution in [2.75, 3.05) is 18.0 Å². The quantitative estimate of drug-likeness (QED) is 0.765. The topological polar surface area (TPSA) is 75.9 Å². The molecule has 140 valence electrons. The molecule has 3 aromatic rings. The number of amides is 1. The lowest BCUT2D eigenvalue weighted by molar-refractivity contribution is -0.120. The van der Waals surface area contributed by atoms with Crippen molar-refractivity contribution in [1.82, 2.24) is 25.1 Å². The van der Waals surface area contributed by atoms with Gasteiger partial charge < -0.3 is 10.2 Å². The summed E-state index contributed by atoms with van der Waals surface area (Å²) in [6, 6.07) is 10.5. The summed E-state index contributed by atoms with van der Waals surface area (Å²) in [6.45, 7) is 3.37. The summed E-state index contributed by atoms with van der Waals surface area (Å²) < 4.78 is 1.79. The lowest BCUT2D eigenvalue weighted by Crippen LogP contribution is -2.38. The van der Waals surface area contributed by atoms with Crippen LogP contribution in [0.2, 0.25) is 0 Å². The van der Waals surface area contributed by atoms with Gasteiger partial charge in [-0.25, -0.2) is 9.97 Å². The summed E-state index contributed by atoms with van der Waals surface area (Å²) in [6.07, 6.45) is 3.94. The molecule has 0 aliphatic carbocycles. The molecule has 1 fully saturated rings. The van der Waals surface area contributed by atoms with Crippen molar-refractivity contribution < 1.29 is 4.79 Å². The average molecular weight is 364 g/mol. The highest BCUT2D eigenvalue weighted by Gasteiger charge is 2.25. The molecule has 1 aliphatic rings. The van der Waals surface area contributed by atoms with Gasteiger partial charge in [0.15, 0.2) is 5.65 Å². The van der Waals surface area contributed by atoms with Crippen LogP contribution in [0.5, 0.6) is 0 Å². The van der Waals surface area contributed by atoms with Gasteiger partial charge >= 0.3 is 0 Å². The van der Waals surface area contributed by atoms with Gasteiger partial charge in [-0.15, -0.1) is 0 Å². The van der Waals surface area contributed by atoms with E-state index in [-0.39, 0.29) is 11.9 Å². The van der Waals surface area contributed by atoms with E-state index >= 15 is 0 Å². The summed E-state index contributed by atoms with van der Waals surface area (Å²) in [5.41, 5.74) is 2.10. The average Bonchev–Trinajstić information content (AvgIpc) is 2.97. The summed E-state index contributed by atoms with van der Waals surface area (Å²) >= 11 is 0. The Morgan fingerprint density at radius 2 is 2.00 bits per heavy atom. The SMILES string of the molecule is CC1CNC(=O)CCN1c1nc(CCc2ccccc2)nc2c1cnn2C. The van der Waals surface area contributed by atoms with Crippen molar-refractivity contribution in [3.05, 3.63) is 47.9 Å². The predicted molar refractivity (Wildman–Crippen MR) is 105 cm³/mol. The standard InChI is InChI=1S/C20H24N6O/c1-14-12-21-18(27)10-11-26(14)20-16-13-22-25(2)19(16)23-17(24-20)9-8-15-6-4-3-5-7-15/h3-7,13-14H,8-12H2,1-2H3,(H,21,27). The molecule has 1 N–H and O–H groups in total. The number of carbonyl (C=O) groups is 1. The van der Waals surface area contributed by atoms with Crippen molar-refractivity contribution in [2.24, 2.45) is 7.05 Å². The second-order valence-electron chi connectivity index (χ2n) is 7.05. The molecular formula is C20H24N6O. The largest absolute Gasteiger partial charge is 0.354 e. The third kappa shape index (κ3) is 3.63. The third-order valence-corrected chi connectivity index (χ3v) is 5.08. The van der Waals surface area contributed by atoms with E-state index in [4.69, 9.17) is 9.97 Å². The molecule has 0 radical (unpaired) electrons. The summed E-state index contributed by atoms with van der Waals surface area (Å²) in [4.78, 5) is 23.7. The smallest absolute Gasteiger partial charge is 0.221 e. The maximum Gasteiger partial charge on any atom is 0.221 e. The van der Waals surface area contributed by atoms with Crippen LogP contribution in [-0.4, -0.2) is 44.8 Å². The molecule has 0 spiro atoms. The van der Waals surface area contributed by atoms with Crippen molar-refractivity contribution >= 4 is 22.8 Å². The van der Waals surface area contributed by atoms with E-state index in [1.165, 1.54) is 5.56 Å². The minimum Gasteiger partial charge on any atom is -0.354 e. The Kier molecular flexibility index (Phi) is 4.75. The molecule has 7 nitrogen and oxygen atoms in total. The van der Waals surface area contributed by atoms with Crippen LogP contribution >= 0.6 is 0 Å². The van der Waals surface area contributed by atoms with Gasteiger partial charge in [0, 0.05) is 39.0 Å². The normalized spacial score (nSPS) is 17.8. The fourth-order valence-corrected chi connectivity index (χ4v) is 3.50. The van der Waals surface area contributed by atoms with Crippen LogP contribution in [0, 0.1) is 0 Å². The number of fused-ring (bicyclic) bond motifs is 1. The number of carbonyl (C=O) groups excluding carboxylic acids is 1. The molecular weight excluding hydrogens is 340 g/mol. The third-order valence-electron chi connectivity index (χ3n) is 5.08. The fraction of sp³-hybridized carbons (Fsp3) is 0.400. The lowest BCUT2D eigenvalue weighted by Gasteiger charge is -2.28. The van der Waals surface area contributed by atoms with Crippen molar-refractivity contribution in [2.45, 2.75) is 32.2 Å². The van der Waals surface area contributed by atoms with E-state index in [9.17, 15) is 4.79 Å². The molecule has 3 heterocycles. The predicted octanol–water partition coefficient (Wildman–Crippen LogP) is 1.86. The molecule has 0 saturated carbocycles. The Labute approximate surface area is 158 Å². The number of hydrogen-bond acceptors (Lipinski definition) is 5. The van der Waals surface area contributed by atoms with Gasteiger partial charge in [0.05, 0.1) is 11.6 Å². The molecule has 2 aromatic heterocycles. The molecule has 1 aliphatic heterocycles. The number of nitrogens with zero attached hydrogens (tertiary/aromatic N) is 5. The number of benzene rings is 1.